The Balaban J connectivity index is 2.17. The minimum atomic E-state index is -9.88. The van der Waals surface area contributed by atoms with Gasteiger partial charge in [-0.05, 0) is 43.3 Å². The number of amides is 1. The molecule has 0 heterocycles. The van der Waals surface area contributed by atoms with Crippen LogP contribution in [0, 0.1) is 28.5 Å². The Bertz CT molecular complexity index is 1080. The Hall–Kier alpha value is -3.38. The van der Waals surface area contributed by atoms with E-state index in [2.05, 4.69) is 5.32 Å². The minimum Gasteiger partial charge on any atom is -0.489 e. The Morgan fingerprint density at radius 3 is 2.20 bits per heavy atom. The van der Waals surface area contributed by atoms with Crippen LogP contribution >= 0.6 is 10.2 Å². The third kappa shape index (κ3) is 5.36. The molecular weight excluding hydrogens is 436 g/mol. The molecule has 5 nitrogen and oxygen atoms in total. The largest absolute Gasteiger partial charge is 0.489 e. The van der Waals surface area contributed by atoms with Gasteiger partial charge in [0.1, 0.15) is 34.7 Å². The average Bonchev–Trinajstić information content (AvgIpc) is 2.64. The predicted octanol–water partition coefficient (Wildman–Crippen LogP) is 5.45. The number of nitrogens with one attached hydrogen (secondary N) is 1. The zero-order chi connectivity index (χ0) is 22.9. The summed E-state index contributed by atoms with van der Waals surface area (Å²) in [7, 11) is -9.88. The van der Waals surface area contributed by atoms with Crippen molar-refractivity contribution in [3.63, 3.8) is 0 Å². The molecule has 0 spiro atoms. The van der Waals surface area contributed by atoms with Crippen LogP contribution in [0.2, 0.25) is 0 Å². The number of benzene rings is 2. The van der Waals surface area contributed by atoms with Gasteiger partial charge in [-0.3, -0.25) is 4.79 Å². The molecule has 0 radical (unpaired) electrons. The summed E-state index contributed by atoms with van der Waals surface area (Å²) in [6.07, 6.45) is 0. The van der Waals surface area contributed by atoms with Crippen LogP contribution in [-0.4, -0.2) is 18.1 Å². The van der Waals surface area contributed by atoms with E-state index in [-0.39, 0.29) is 17.9 Å². The van der Waals surface area contributed by atoms with E-state index in [0.29, 0.717) is 12.1 Å². The zero-order valence-electron chi connectivity index (χ0n) is 15.1. The molecule has 2 aromatic rings. The first kappa shape index (κ1) is 22.9. The van der Waals surface area contributed by atoms with Crippen LogP contribution in [0.1, 0.15) is 22.8 Å². The summed E-state index contributed by atoms with van der Waals surface area (Å²) < 4.78 is 82.6. The number of carbonyl (C=O) groups is 1. The summed E-state index contributed by atoms with van der Waals surface area (Å²) in [5.74, 6) is -2.08. The van der Waals surface area contributed by atoms with E-state index < -0.39 is 50.1 Å². The van der Waals surface area contributed by atoms with Crippen molar-refractivity contribution >= 4 is 16.1 Å². The number of nitrogens with zero attached hydrogens (tertiary/aromatic N) is 2. The van der Waals surface area contributed by atoms with E-state index in [9.17, 15) is 33.9 Å². The fourth-order valence-electron chi connectivity index (χ4n) is 2.24. The highest BCUT2D eigenvalue weighted by Gasteiger charge is 2.65. The highest BCUT2D eigenvalue weighted by molar-refractivity contribution is 8.45. The first-order chi connectivity index (χ1) is 13.6. The molecule has 0 saturated heterocycles. The smallest absolute Gasteiger partial charge is 0.310 e. The number of halogens is 6. The van der Waals surface area contributed by atoms with Gasteiger partial charge in [-0.1, -0.05) is 25.5 Å². The highest BCUT2D eigenvalue weighted by Crippen LogP contribution is 3.02. The molecule has 0 aliphatic rings. The van der Waals surface area contributed by atoms with Crippen molar-refractivity contribution in [2.45, 2.75) is 17.4 Å². The zero-order valence-corrected chi connectivity index (χ0v) is 16.0. The second kappa shape index (κ2) is 6.85. The third-order valence-electron chi connectivity index (χ3n) is 3.80. The summed E-state index contributed by atoms with van der Waals surface area (Å²) in [4.78, 5) is 10.1. The Morgan fingerprint density at radius 2 is 1.70 bits per heavy atom. The second-order valence-corrected chi connectivity index (χ2v) is 8.81. The van der Waals surface area contributed by atoms with Crippen LogP contribution in [-0.2, 0) is 0 Å². The molecule has 0 saturated carbocycles. The van der Waals surface area contributed by atoms with Gasteiger partial charge in [0.15, 0.2) is 5.54 Å². The molecule has 1 N–H and O–H groups in total. The summed E-state index contributed by atoms with van der Waals surface area (Å²) in [6.45, 7) is 0.663. The summed E-state index contributed by atoms with van der Waals surface area (Å²) in [6, 6.07) is 8.08. The molecule has 1 unspecified atom stereocenters. The van der Waals surface area contributed by atoms with Crippen molar-refractivity contribution in [2.75, 3.05) is 6.61 Å². The van der Waals surface area contributed by atoms with Gasteiger partial charge in [-0.15, -0.1) is 0 Å². The summed E-state index contributed by atoms with van der Waals surface area (Å²) in [5.41, 5.74) is -2.57. The number of hydrogen-bond donors (Lipinski definition) is 1. The Labute approximate surface area is 167 Å². The maximum absolute atomic E-state index is 13.6. The first-order valence-corrected chi connectivity index (χ1v) is 9.93. The highest BCUT2D eigenvalue weighted by atomic mass is 32.5. The lowest BCUT2D eigenvalue weighted by molar-refractivity contribution is 0.0900. The molecule has 0 bridgehead atoms. The van der Waals surface area contributed by atoms with E-state index in [1.165, 1.54) is 19.1 Å². The topological polar surface area (TPSA) is 85.9 Å². The van der Waals surface area contributed by atoms with Gasteiger partial charge >= 0.3 is 10.2 Å². The van der Waals surface area contributed by atoms with Gasteiger partial charge in [0.25, 0.3) is 5.91 Å². The predicted molar refractivity (Wildman–Crippen MR) is 95.9 cm³/mol. The number of carbonyl (C=O) groups excluding carboxylic acids is 1. The van der Waals surface area contributed by atoms with E-state index >= 15 is 0 Å². The van der Waals surface area contributed by atoms with Gasteiger partial charge in [0.05, 0.1) is 6.07 Å². The van der Waals surface area contributed by atoms with Crippen LogP contribution in [0.15, 0.2) is 47.4 Å². The number of hydrogen-bond acceptors (Lipinski definition) is 4. The molecule has 2 rings (SSSR count). The maximum atomic E-state index is 13.6. The standard InChI is InChI=1S/C18H13F6N3O2S/c1-18(10-26,11-29-16-4-2-3-15(19)14(16)9-25)27-17(28)12-5-7-13(8-6-12)30(20,21,22,23)24/h2-8H,11H2,1H3,(H,27,28). The lowest BCUT2D eigenvalue weighted by atomic mass is 10.0. The number of nitriles is 2. The van der Waals surface area contributed by atoms with Crippen LogP contribution in [0.25, 0.3) is 0 Å². The van der Waals surface area contributed by atoms with Gasteiger partial charge in [0, 0.05) is 5.56 Å². The maximum Gasteiger partial charge on any atom is 0.310 e. The first-order valence-electron chi connectivity index (χ1n) is 7.98. The van der Waals surface area contributed by atoms with Crippen molar-refractivity contribution in [1.82, 2.24) is 5.32 Å². The van der Waals surface area contributed by atoms with Crippen molar-refractivity contribution in [1.29, 1.82) is 10.5 Å². The SMILES string of the molecule is CC(C#N)(COc1cccc(F)c1C#N)NC(=O)c1ccc(S(F)(F)(F)(F)F)cc1. The van der Waals surface area contributed by atoms with Gasteiger partial charge in [-0.25, -0.2) is 4.39 Å². The summed E-state index contributed by atoms with van der Waals surface area (Å²) >= 11 is 0. The number of rotatable bonds is 6. The van der Waals surface area contributed by atoms with Crippen LogP contribution in [0.4, 0.5) is 23.8 Å². The van der Waals surface area contributed by atoms with Gasteiger partial charge in [-0.2, -0.15) is 10.5 Å². The Morgan fingerprint density at radius 1 is 1.10 bits per heavy atom. The van der Waals surface area contributed by atoms with Crippen molar-refractivity contribution in [3.05, 3.63) is 59.4 Å². The fraction of sp³-hybridized carbons (Fsp3) is 0.167. The lowest BCUT2D eigenvalue weighted by Crippen LogP contribution is -2.49. The quantitative estimate of drug-likeness (QED) is 0.595. The van der Waals surface area contributed by atoms with E-state index in [4.69, 9.17) is 10.00 Å². The fourth-order valence-corrected chi connectivity index (χ4v) is 2.89. The normalized spacial score (nSPS) is 15.5. The molecule has 2 aromatic carbocycles. The minimum absolute atomic E-state index is 0.0720. The molecule has 0 aliphatic carbocycles. The van der Waals surface area contributed by atoms with Gasteiger partial charge in [0.2, 0.25) is 0 Å². The average molecular weight is 449 g/mol. The molecule has 0 aromatic heterocycles. The van der Waals surface area contributed by atoms with Crippen molar-refractivity contribution in [2.24, 2.45) is 0 Å². The molecular formula is C18H13F6N3O2S. The molecule has 12 heteroatoms. The van der Waals surface area contributed by atoms with Crippen LogP contribution in [0.3, 0.4) is 0 Å². The van der Waals surface area contributed by atoms with E-state index in [0.717, 1.165) is 6.07 Å². The molecule has 30 heavy (non-hydrogen) atoms. The molecule has 160 valence electrons. The van der Waals surface area contributed by atoms with E-state index in [1.54, 1.807) is 12.1 Å². The van der Waals surface area contributed by atoms with Gasteiger partial charge < -0.3 is 10.1 Å². The summed E-state index contributed by atoms with van der Waals surface area (Å²) in [5, 5.41) is 20.5. The van der Waals surface area contributed by atoms with E-state index in [1.807, 2.05) is 0 Å². The molecule has 1 atom stereocenters. The lowest BCUT2D eigenvalue weighted by Gasteiger charge is -2.40. The number of ether oxygens (including phenoxy) is 1. The van der Waals surface area contributed by atoms with Crippen molar-refractivity contribution in [3.8, 4) is 17.9 Å². The molecule has 0 fully saturated rings. The third-order valence-corrected chi connectivity index (χ3v) is 4.96. The van der Waals surface area contributed by atoms with Crippen LogP contribution in [0.5, 0.6) is 5.75 Å². The Kier molecular flexibility index (Phi) is 5.23. The molecule has 0 aliphatic heterocycles. The van der Waals surface area contributed by atoms with Crippen molar-refractivity contribution < 1.29 is 33.4 Å². The molecule has 1 amide bonds. The second-order valence-electron chi connectivity index (χ2n) is 6.40. The monoisotopic (exact) mass is 449 g/mol. The van der Waals surface area contributed by atoms with Crippen LogP contribution < -0.4 is 10.1 Å².